The Morgan fingerprint density at radius 1 is 1.08 bits per heavy atom. The summed E-state index contributed by atoms with van der Waals surface area (Å²) in [5.41, 5.74) is 0.342. The van der Waals surface area contributed by atoms with Crippen molar-refractivity contribution in [1.29, 1.82) is 0 Å². The Kier molecular flexibility index (Phi) is 4.98. The maximum atomic E-state index is 12.8. The van der Waals surface area contributed by atoms with Crippen LogP contribution in [0.1, 0.15) is 29.1 Å². The number of hydrogen-bond acceptors (Lipinski definition) is 7. The highest BCUT2D eigenvalue weighted by atomic mass is 19.1. The lowest BCUT2D eigenvalue weighted by molar-refractivity contribution is -0.145. The van der Waals surface area contributed by atoms with Crippen LogP contribution in [0.2, 0.25) is 0 Å². The molecule has 0 aliphatic heterocycles. The number of carbonyl (C=O) groups excluding carboxylic acids is 2. The van der Waals surface area contributed by atoms with Crippen LogP contribution in [0, 0.1) is 5.82 Å². The molecule has 0 radical (unpaired) electrons. The molecule has 128 valence electrons. The van der Waals surface area contributed by atoms with Crippen LogP contribution >= 0.6 is 0 Å². The van der Waals surface area contributed by atoms with Crippen LogP contribution in [0.25, 0.3) is 11.7 Å². The number of Topliss-reactive ketones (excluding diaryl/α,β-unsaturated/α-hetero) is 1. The van der Waals surface area contributed by atoms with Gasteiger partial charge >= 0.3 is 5.97 Å². The molecule has 0 saturated carbocycles. The van der Waals surface area contributed by atoms with Crippen molar-refractivity contribution in [2.75, 3.05) is 0 Å². The quantitative estimate of drug-likeness (QED) is 0.480. The van der Waals surface area contributed by atoms with Gasteiger partial charge in [-0.25, -0.2) is 4.39 Å². The fraction of sp³-hybridized carbons (Fsp3) is 0.176. The third-order valence-electron chi connectivity index (χ3n) is 3.28. The van der Waals surface area contributed by atoms with Crippen LogP contribution in [0.15, 0.2) is 51.5 Å². The average Bonchev–Trinajstić information content (AvgIpc) is 3.29. The Hall–Kier alpha value is -3.29. The monoisotopic (exact) mass is 344 g/mol. The minimum atomic E-state index is -0.576. The van der Waals surface area contributed by atoms with Gasteiger partial charge in [-0.05, 0) is 36.4 Å². The summed E-state index contributed by atoms with van der Waals surface area (Å²) in [6, 6.07) is 8.46. The van der Waals surface area contributed by atoms with Crippen LogP contribution in [0.5, 0.6) is 0 Å². The zero-order chi connectivity index (χ0) is 17.6. The Bertz CT molecular complexity index is 856. The number of rotatable bonds is 7. The highest BCUT2D eigenvalue weighted by Gasteiger charge is 2.14. The lowest BCUT2D eigenvalue weighted by Gasteiger charge is -2.02. The van der Waals surface area contributed by atoms with Gasteiger partial charge in [0.2, 0.25) is 0 Å². The van der Waals surface area contributed by atoms with Crippen molar-refractivity contribution < 1.29 is 27.6 Å². The number of ketones is 1. The smallest absolute Gasteiger partial charge is 0.306 e. The molecule has 0 aliphatic carbocycles. The van der Waals surface area contributed by atoms with Crippen molar-refractivity contribution in [1.82, 2.24) is 10.2 Å². The Morgan fingerprint density at radius 2 is 1.88 bits per heavy atom. The Labute approximate surface area is 141 Å². The predicted octanol–water partition coefficient (Wildman–Crippen LogP) is 3.18. The van der Waals surface area contributed by atoms with Gasteiger partial charge in [-0.3, -0.25) is 9.59 Å². The lowest BCUT2D eigenvalue weighted by atomic mass is 10.1. The molecule has 3 rings (SSSR count). The summed E-state index contributed by atoms with van der Waals surface area (Å²) in [4.78, 5) is 23.6. The van der Waals surface area contributed by atoms with Crippen molar-refractivity contribution >= 4 is 11.8 Å². The molecular formula is C17H13FN2O5. The second-order valence-corrected chi connectivity index (χ2v) is 5.07. The molecule has 0 atom stereocenters. The average molecular weight is 344 g/mol. The molecular weight excluding hydrogens is 331 g/mol. The van der Waals surface area contributed by atoms with E-state index in [-0.39, 0.29) is 37.0 Å². The zero-order valence-electron chi connectivity index (χ0n) is 13.0. The summed E-state index contributed by atoms with van der Waals surface area (Å²) in [6.07, 6.45) is 1.33. The van der Waals surface area contributed by atoms with E-state index in [1.54, 1.807) is 12.1 Å². The minimum absolute atomic E-state index is 0.0358. The van der Waals surface area contributed by atoms with E-state index in [2.05, 4.69) is 10.2 Å². The van der Waals surface area contributed by atoms with Crippen molar-refractivity contribution in [2.45, 2.75) is 19.4 Å². The number of esters is 1. The molecule has 7 nitrogen and oxygen atoms in total. The first kappa shape index (κ1) is 16.6. The van der Waals surface area contributed by atoms with E-state index in [4.69, 9.17) is 13.6 Å². The molecule has 0 bridgehead atoms. The highest BCUT2D eigenvalue weighted by Crippen LogP contribution is 2.18. The molecule has 8 heteroatoms. The molecule has 0 saturated heterocycles. The normalized spacial score (nSPS) is 10.6. The van der Waals surface area contributed by atoms with E-state index < -0.39 is 11.8 Å². The standard InChI is InChI=1S/C17H13FN2O5/c18-12-5-3-11(4-6-12)13(21)7-8-16(22)24-10-15-19-20-17(25-15)14-2-1-9-23-14/h1-6,9H,7-8,10H2. The van der Waals surface area contributed by atoms with Gasteiger partial charge in [-0.2, -0.15) is 0 Å². The largest absolute Gasteiger partial charge is 0.459 e. The van der Waals surface area contributed by atoms with Crippen LogP contribution in [0.4, 0.5) is 4.39 Å². The number of aromatic nitrogens is 2. The molecule has 0 fully saturated rings. The maximum absolute atomic E-state index is 12.8. The summed E-state index contributed by atoms with van der Waals surface area (Å²) in [6.45, 7) is -0.197. The molecule has 2 aromatic heterocycles. The van der Waals surface area contributed by atoms with Gasteiger partial charge in [0.15, 0.2) is 18.2 Å². The number of carbonyl (C=O) groups is 2. The highest BCUT2D eigenvalue weighted by molar-refractivity contribution is 5.97. The number of furan rings is 1. The third kappa shape index (κ3) is 4.37. The van der Waals surface area contributed by atoms with E-state index in [9.17, 15) is 14.0 Å². The molecule has 0 N–H and O–H groups in total. The van der Waals surface area contributed by atoms with Crippen molar-refractivity contribution in [3.8, 4) is 11.7 Å². The summed E-state index contributed by atoms with van der Waals surface area (Å²) in [7, 11) is 0. The molecule has 0 spiro atoms. The van der Waals surface area contributed by atoms with Crippen LogP contribution in [0.3, 0.4) is 0 Å². The molecule has 0 aliphatic rings. The summed E-state index contributed by atoms with van der Waals surface area (Å²) >= 11 is 0. The summed E-state index contributed by atoms with van der Waals surface area (Å²) in [5.74, 6) is -0.561. The van der Waals surface area contributed by atoms with Crippen molar-refractivity contribution in [3.63, 3.8) is 0 Å². The molecule has 0 amide bonds. The lowest BCUT2D eigenvalue weighted by Crippen LogP contribution is -2.08. The first-order valence-electron chi connectivity index (χ1n) is 7.42. The van der Waals surface area contributed by atoms with Gasteiger partial charge in [0.25, 0.3) is 11.8 Å². The van der Waals surface area contributed by atoms with Gasteiger partial charge in [-0.15, -0.1) is 10.2 Å². The third-order valence-corrected chi connectivity index (χ3v) is 3.28. The van der Waals surface area contributed by atoms with Gasteiger partial charge in [0, 0.05) is 12.0 Å². The van der Waals surface area contributed by atoms with Crippen molar-refractivity contribution in [2.24, 2.45) is 0 Å². The van der Waals surface area contributed by atoms with E-state index in [0.29, 0.717) is 11.3 Å². The maximum Gasteiger partial charge on any atom is 0.306 e. The topological polar surface area (TPSA) is 95.4 Å². The fourth-order valence-electron chi connectivity index (χ4n) is 2.02. The summed E-state index contributed by atoms with van der Waals surface area (Å²) in [5, 5.41) is 7.51. The number of nitrogens with zero attached hydrogens (tertiary/aromatic N) is 2. The molecule has 3 aromatic rings. The minimum Gasteiger partial charge on any atom is -0.459 e. The van der Waals surface area contributed by atoms with Gasteiger partial charge in [0.1, 0.15) is 5.82 Å². The zero-order valence-corrected chi connectivity index (χ0v) is 13.0. The van der Waals surface area contributed by atoms with E-state index >= 15 is 0 Å². The predicted molar refractivity (Wildman–Crippen MR) is 81.8 cm³/mol. The van der Waals surface area contributed by atoms with E-state index in [0.717, 1.165) is 0 Å². The molecule has 2 heterocycles. The Balaban J connectivity index is 1.45. The Morgan fingerprint density at radius 3 is 2.60 bits per heavy atom. The summed E-state index contributed by atoms with van der Waals surface area (Å²) < 4.78 is 28.2. The second kappa shape index (κ2) is 7.52. The van der Waals surface area contributed by atoms with E-state index in [1.807, 2.05) is 0 Å². The van der Waals surface area contributed by atoms with Gasteiger partial charge in [0.05, 0.1) is 12.7 Å². The molecule has 1 aromatic carbocycles. The second-order valence-electron chi connectivity index (χ2n) is 5.07. The van der Waals surface area contributed by atoms with Gasteiger partial charge in [-0.1, -0.05) is 0 Å². The van der Waals surface area contributed by atoms with Crippen molar-refractivity contribution in [3.05, 3.63) is 59.9 Å². The first-order chi connectivity index (χ1) is 12.1. The van der Waals surface area contributed by atoms with E-state index in [1.165, 1.54) is 30.5 Å². The number of hydrogen-bond donors (Lipinski definition) is 0. The van der Waals surface area contributed by atoms with Crippen LogP contribution in [-0.4, -0.2) is 21.9 Å². The van der Waals surface area contributed by atoms with Crippen LogP contribution in [-0.2, 0) is 16.1 Å². The SMILES string of the molecule is O=C(CCC(=O)c1ccc(F)cc1)OCc1nnc(-c2ccco2)o1. The fourth-order valence-corrected chi connectivity index (χ4v) is 2.02. The number of benzene rings is 1. The number of halogens is 1. The van der Waals surface area contributed by atoms with Gasteiger partial charge < -0.3 is 13.6 Å². The first-order valence-corrected chi connectivity index (χ1v) is 7.42. The number of ether oxygens (including phenoxy) is 1. The molecule has 0 unspecified atom stereocenters. The molecule has 25 heavy (non-hydrogen) atoms. The van der Waals surface area contributed by atoms with Crippen LogP contribution < -0.4 is 0 Å².